The quantitative estimate of drug-likeness (QED) is 0.565. The molecule has 5 nitrogen and oxygen atoms in total. The number of anilines is 1. The highest BCUT2D eigenvalue weighted by atomic mass is 32.3. The molecule has 1 aromatic rings. The summed E-state index contributed by atoms with van der Waals surface area (Å²) < 4.78 is 51.2. The molecule has 0 amide bonds. The number of nitrogens with zero attached hydrogens (tertiary/aromatic N) is 1. The normalized spacial score (nSPS) is 12.3. The Hall–Kier alpha value is -1.08. The molecule has 1 rings (SSSR count). The predicted molar refractivity (Wildman–Crippen MR) is 95.5 cm³/mol. The van der Waals surface area contributed by atoms with E-state index in [-0.39, 0.29) is 17.2 Å². The first-order chi connectivity index (χ1) is 10.8. The Morgan fingerprint density at radius 2 is 1.17 bits per heavy atom. The molecule has 0 saturated carbocycles. The van der Waals surface area contributed by atoms with Crippen LogP contribution < -0.4 is 3.71 Å². The molecule has 7 heteroatoms. The third kappa shape index (κ3) is 6.14. The molecule has 0 aliphatic carbocycles. The second kappa shape index (κ2) is 9.27. The van der Waals surface area contributed by atoms with Gasteiger partial charge in [0.05, 0.1) is 17.2 Å². The number of para-hydroxylation sites is 1. The first-order valence-electron chi connectivity index (χ1n) is 8.16. The summed E-state index contributed by atoms with van der Waals surface area (Å²) in [7, 11) is -7.79. The zero-order valence-corrected chi connectivity index (χ0v) is 15.6. The van der Waals surface area contributed by atoms with Gasteiger partial charge < -0.3 is 0 Å². The Kier molecular flexibility index (Phi) is 8.05. The lowest BCUT2D eigenvalue weighted by molar-refractivity contribution is 0.579. The molecule has 0 spiro atoms. The summed E-state index contributed by atoms with van der Waals surface area (Å²) in [6.07, 6.45) is 4.21. The number of rotatable bonds is 11. The van der Waals surface area contributed by atoms with Gasteiger partial charge in [0.1, 0.15) is 0 Å². The first-order valence-corrected chi connectivity index (χ1v) is 11.4. The first kappa shape index (κ1) is 20.0. The van der Waals surface area contributed by atoms with Crippen LogP contribution in [0, 0.1) is 0 Å². The molecule has 0 atom stereocenters. The zero-order chi connectivity index (χ0) is 17.3. The minimum absolute atomic E-state index is 0.150. The van der Waals surface area contributed by atoms with Gasteiger partial charge in [0.2, 0.25) is 20.0 Å². The van der Waals surface area contributed by atoms with Gasteiger partial charge in [0.15, 0.2) is 0 Å². The van der Waals surface area contributed by atoms with Gasteiger partial charge >= 0.3 is 0 Å². The van der Waals surface area contributed by atoms with Gasteiger partial charge in [-0.1, -0.05) is 57.7 Å². The van der Waals surface area contributed by atoms with Gasteiger partial charge in [0.25, 0.3) is 0 Å². The largest absolute Gasteiger partial charge is 0.248 e. The van der Waals surface area contributed by atoms with E-state index in [0.717, 1.165) is 25.7 Å². The van der Waals surface area contributed by atoms with Crippen LogP contribution in [0.2, 0.25) is 0 Å². The van der Waals surface area contributed by atoms with Crippen LogP contribution in [-0.2, 0) is 20.0 Å². The molecule has 0 radical (unpaired) electrons. The topological polar surface area (TPSA) is 71.5 Å². The van der Waals surface area contributed by atoms with Crippen molar-refractivity contribution in [1.82, 2.24) is 0 Å². The molecule has 0 bridgehead atoms. The minimum Gasteiger partial charge on any atom is -0.205 e. The van der Waals surface area contributed by atoms with Crippen LogP contribution in [0.25, 0.3) is 0 Å². The van der Waals surface area contributed by atoms with Gasteiger partial charge in [-0.3, -0.25) is 0 Å². The molecule has 0 aliphatic heterocycles. The van der Waals surface area contributed by atoms with Crippen molar-refractivity contribution in [1.29, 1.82) is 0 Å². The molecular weight excluding hydrogens is 334 g/mol. The molecule has 0 aliphatic rings. The van der Waals surface area contributed by atoms with E-state index in [1.807, 2.05) is 13.8 Å². The van der Waals surface area contributed by atoms with Crippen molar-refractivity contribution < 1.29 is 16.8 Å². The second-order valence-electron chi connectivity index (χ2n) is 5.58. The number of unbranched alkanes of at least 4 members (excludes halogenated alkanes) is 4. The molecule has 0 heterocycles. The highest BCUT2D eigenvalue weighted by Gasteiger charge is 2.33. The number of benzene rings is 1. The van der Waals surface area contributed by atoms with Crippen molar-refractivity contribution in [3.63, 3.8) is 0 Å². The van der Waals surface area contributed by atoms with E-state index in [2.05, 4.69) is 0 Å². The van der Waals surface area contributed by atoms with Gasteiger partial charge in [-0.25, -0.2) is 16.8 Å². The van der Waals surface area contributed by atoms with E-state index >= 15 is 0 Å². The fourth-order valence-corrected chi connectivity index (χ4v) is 6.47. The fraction of sp³-hybridized carbons (Fsp3) is 0.625. The van der Waals surface area contributed by atoms with Crippen LogP contribution in [-0.4, -0.2) is 28.3 Å². The van der Waals surface area contributed by atoms with Crippen LogP contribution >= 0.6 is 0 Å². The predicted octanol–water partition coefficient (Wildman–Crippen LogP) is 3.53. The lowest BCUT2D eigenvalue weighted by Gasteiger charge is -2.24. The van der Waals surface area contributed by atoms with Crippen molar-refractivity contribution in [3.8, 4) is 0 Å². The summed E-state index contributed by atoms with van der Waals surface area (Å²) >= 11 is 0. The van der Waals surface area contributed by atoms with E-state index in [9.17, 15) is 16.8 Å². The summed E-state index contributed by atoms with van der Waals surface area (Å²) in [4.78, 5) is 0. The molecule has 0 N–H and O–H groups in total. The third-order valence-corrected chi connectivity index (χ3v) is 7.89. The van der Waals surface area contributed by atoms with E-state index in [1.165, 1.54) is 12.1 Å². The van der Waals surface area contributed by atoms with Gasteiger partial charge in [-0.15, -0.1) is 0 Å². The maximum absolute atomic E-state index is 12.6. The fourth-order valence-electron chi connectivity index (χ4n) is 2.28. The van der Waals surface area contributed by atoms with Gasteiger partial charge in [-0.2, -0.15) is 3.71 Å². The molecule has 1 aromatic carbocycles. The third-order valence-electron chi connectivity index (χ3n) is 3.48. The average Bonchev–Trinajstić information content (AvgIpc) is 2.48. The number of sulfonamides is 2. The summed E-state index contributed by atoms with van der Waals surface area (Å²) in [6.45, 7) is 3.95. The average molecular weight is 362 g/mol. The van der Waals surface area contributed by atoms with Crippen molar-refractivity contribution in [2.24, 2.45) is 0 Å². The SMILES string of the molecule is CCCCCS(=O)(=O)N(c1ccccc1)S(=O)(=O)CCCCC. The molecule has 0 fully saturated rings. The molecular formula is C16H27NO4S2. The van der Waals surface area contributed by atoms with E-state index in [0.29, 0.717) is 16.6 Å². The highest BCUT2D eigenvalue weighted by molar-refractivity contribution is 8.10. The van der Waals surface area contributed by atoms with Crippen LogP contribution in [0.4, 0.5) is 5.69 Å². The maximum atomic E-state index is 12.6. The van der Waals surface area contributed by atoms with Crippen molar-refractivity contribution >= 4 is 25.7 Å². The smallest absolute Gasteiger partial charge is 0.205 e. The Morgan fingerprint density at radius 3 is 1.57 bits per heavy atom. The zero-order valence-electron chi connectivity index (χ0n) is 13.9. The monoisotopic (exact) mass is 361 g/mol. The Bertz CT molecular complexity index is 615. The van der Waals surface area contributed by atoms with Crippen molar-refractivity contribution in [3.05, 3.63) is 30.3 Å². The maximum Gasteiger partial charge on any atom is 0.248 e. The Balaban J connectivity index is 3.13. The van der Waals surface area contributed by atoms with Crippen molar-refractivity contribution in [2.45, 2.75) is 52.4 Å². The standard InChI is InChI=1S/C16H27NO4S2/c1-3-5-10-14-22(18,19)17(16-12-8-7-9-13-16)23(20,21)15-11-6-4-2/h7-9,12-13H,3-6,10-11,14-15H2,1-2H3. The van der Waals surface area contributed by atoms with E-state index in [4.69, 9.17) is 0 Å². The Morgan fingerprint density at radius 1 is 0.739 bits per heavy atom. The summed E-state index contributed by atoms with van der Waals surface area (Å²) in [5, 5.41) is 0. The lowest BCUT2D eigenvalue weighted by atomic mass is 10.3. The number of hydrogen-bond donors (Lipinski definition) is 0. The molecule has 0 unspecified atom stereocenters. The van der Waals surface area contributed by atoms with Gasteiger partial charge in [-0.05, 0) is 25.0 Å². The second-order valence-corrected chi connectivity index (χ2v) is 9.68. The van der Waals surface area contributed by atoms with Gasteiger partial charge in [0, 0.05) is 0 Å². The minimum atomic E-state index is -3.90. The molecule has 0 aromatic heterocycles. The summed E-state index contributed by atoms with van der Waals surface area (Å²) in [6, 6.07) is 8.06. The number of hydrogen-bond acceptors (Lipinski definition) is 4. The van der Waals surface area contributed by atoms with E-state index < -0.39 is 20.0 Å². The van der Waals surface area contributed by atoms with Crippen molar-refractivity contribution in [2.75, 3.05) is 15.2 Å². The Labute approximate surface area is 140 Å². The molecule has 23 heavy (non-hydrogen) atoms. The highest BCUT2D eigenvalue weighted by Crippen LogP contribution is 2.24. The summed E-state index contributed by atoms with van der Waals surface area (Å²) in [5.41, 5.74) is 0.195. The van der Waals surface area contributed by atoms with Crippen LogP contribution in [0.15, 0.2) is 30.3 Å². The van der Waals surface area contributed by atoms with Crippen LogP contribution in [0.5, 0.6) is 0 Å². The van der Waals surface area contributed by atoms with E-state index in [1.54, 1.807) is 18.2 Å². The lowest BCUT2D eigenvalue weighted by Crippen LogP contribution is -2.40. The molecule has 132 valence electrons. The molecule has 0 saturated heterocycles. The summed E-state index contributed by atoms with van der Waals surface area (Å²) in [5.74, 6) is -0.300. The van der Waals surface area contributed by atoms with Crippen LogP contribution in [0.1, 0.15) is 52.4 Å². The van der Waals surface area contributed by atoms with Crippen LogP contribution in [0.3, 0.4) is 0 Å².